The number of Topliss-reactive ketones (excluding diaryl/α,β-unsaturated/α-hetero) is 1. The summed E-state index contributed by atoms with van der Waals surface area (Å²) in [7, 11) is 0. The lowest BCUT2D eigenvalue weighted by Crippen LogP contribution is -2.05. The molecule has 1 saturated carbocycles. The normalized spacial score (nSPS) is 29.4. The van der Waals surface area contributed by atoms with Gasteiger partial charge in [-0.2, -0.15) is 0 Å². The second-order valence-corrected chi connectivity index (χ2v) is 4.50. The highest BCUT2D eigenvalue weighted by molar-refractivity contribution is 5.83. The molecule has 0 bridgehead atoms. The van der Waals surface area contributed by atoms with E-state index in [1.807, 2.05) is 0 Å². The van der Waals surface area contributed by atoms with Crippen molar-refractivity contribution >= 4 is 5.78 Å². The minimum Gasteiger partial charge on any atom is -0.299 e. The van der Waals surface area contributed by atoms with Crippen LogP contribution in [0.15, 0.2) is 0 Å². The molecule has 1 aliphatic rings. The summed E-state index contributed by atoms with van der Waals surface area (Å²) in [6.07, 6.45) is 4.16. The van der Waals surface area contributed by atoms with E-state index in [-0.39, 0.29) is 5.41 Å². The molecule has 11 heavy (non-hydrogen) atoms. The lowest BCUT2D eigenvalue weighted by Gasteiger charge is -2.14. The fourth-order valence-electron chi connectivity index (χ4n) is 2.08. The molecule has 0 aromatic rings. The molecule has 0 aliphatic heterocycles. The van der Waals surface area contributed by atoms with Crippen molar-refractivity contribution < 1.29 is 4.79 Å². The van der Waals surface area contributed by atoms with Gasteiger partial charge in [0.25, 0.3) is 0 Å². The van der Waals surface area contributed by atoms with Gasteiger partial charge in [0.05, 0.1) is 0 Å². The zero-order valence-corrected chi connectivity index (χ0v) is 7.81. The molecule has 0 spiro atoms. The molecule has 1 aliphatic carbocycles. The van der Waals surface area contributed by atoms with Gasteiger partial charge in [-0.1, -0.05) is 27.2 Å². The first-order valence-electron chi connectivity index (χ1n) is 4.58. The first kappa shape index (κ1) is 8.76. The Hall–Kier alpha value is -0.330. The summed E-state index contributed by atoms with van der Waals surface area (Å²) in [5.74, 6) is 0.881. The van der Waals surface area contributed by atoms with Crippen LogP contribution < -0.4 is 0 Å². The van der Waals surface area contributed by atoms with Gasteiger partial charge in [0.1, 0.15) is 5.78 Å². The molecule has 0 heterocycles. The SMILES string of the molecule is CCCC1CC(C)(C)CC1=O. The van der Waals surface area contributed by atoms with Crippen LogP contribution in [0.2, 0.25) is 0 Å². The molecular weight excluding hydrogens is 136 g/mol. The summed E-state index contributed by atoms with van der Waals surface area (Å²) in [5, 5.41) is 0. The first-order valence-corrected chi connectivity index (χ1v) is 4.58. The minimum atomic E-state index is 0.289. The van der Waals surface area contributed by atoms with E-state index in [2.05, 4.69) is 20.8 Å². The van der Waals surface area contributed by atoms with Crippen molar-refractivity contribution in [3.8, 4) is 0 Å². The molecule has 0 radical (unpaired) electrons. The summed E-state index contributed by atoms with van der Waals surface area (Å²) in [4.78, 5) is 11.4. The molecule has 0 aromatic heterocycles. The van der Waals surface area contributed by atoms with Crippen molar-refractivity contribution in [3.05, 3.63) is 0 Å². The average Bonchev–Trinajstić information content (AvgIpc) is 2.07. The van der Waals surface area contributed by atoms with Gasteiger partial charge in [-0.25, -0.2) is 0 Å². The molecule has 64 valence electrons. The van der Waals surface area contributed by atoms with E-state index in [4.69, 9.17) is 0 Å². The second-order valence-electron chi connectivity index (χ2n) is 4.50. The molecule has 0 saturated heterocycles. The number of carbonyl (C=O) groups excluding carboxylic acids is 1. The fourth-order valence-corrected chi connectivity index (χ4v) is 2.08. The largest absolute Gasteiger partial charge is 0.299 e. The Morgan fingerprint density at radius 2 is 2.18 bits per heavy atom. The summed E-state index contributed by atoms with van der Waals surface area (Å²) >= 11 is 0. The number of rotatable bonds is 2. The van der Waals surface area contributed by atoms with Crippen LogP contribution in [0.1, 0.15) is 46.5 Å². The lowest BCUT2D eigenvalue weighted by atomic mass is 9.90. The summed E-state index contributed by atoms with van der Waals surface area (Å²) in [6, 6.07) is 0. The molecule has 1 fully saturated rings. The third-order valence-corrected chi connectivity index (χ3v) is 2.54. The van der Waals surface area contributed by atoms with Gasteiger partial charge in [0, 0.05) is 12.3 Å². The van der Waals surface area contributed by atoms with Crippen molar-refractivity contribution in [2.75, 3.05) is 0 Å². The third kappa shape index (κ3) is 2.05. The highest BCUT2D eigenvalue weighted by Gasteiger charge is 2.36. The zero-order valence-electron chi connectivity index (χ0n) is 7.81. The Balaban J connectivity index is 2.52. The zero-order chi connectivity index (χ0) is 8.48. The van der Waals surface area contributed by atoms with Crippen LogP contribution in [-0.2, 0) is 4.79 Å². The van der Waals surface area contributed by atoms with E-state index >= 15 is 0 Å². The quantitative estimate of drug-likeness (QED) is 0.597. The van der Waals surface area contributed by atoms with Crippen LogP contribution in [0.3, 0.4) is 0 Å². The summed E-state index contributed by atoms with van der Waals surface area (Å²) in [6.45, 7) is 6.54. The first-order chi connectivity index (χ1) is 5.05. The van der Waals surface area contributed by atoms with Crippen LogP contribution in [0.25, 0.3) is 0 Å². The van der Waals surface area contributed by atoms with Crippen LogP contribution >= 0.6 is 0 Å². The predicted octanol–water partition coefficient (Wildman–Crippen LogP) is 2.79. The maximum Gasteiger partial charge on any atom is 0.136 e. The van der Waals surface area contributed by atoms with Gasteiger partial charge in [0.15, 0.2) is 0 Å². The molecule has 0 aromatic carbocycles. The Morgan fingerprint density at radius 3 is 2.55 bits per heavy atom. The van der Waals surface area contributed by atoms with Gasteiger partial charge in [-0.05, 0) is 18.3 Å². The van der Waals surface area contributed by atoms with Crippen LogP contribution in [0.4, 0.5) is 0 Å². The van der Waals surface area contributed by atoms with E-state index in [0.717, 1.165) is 25.7 Å². The van der Waals surface area contributed by atoms with Crippen molar-refractivity contribution in [3.63, 3.8) is 0 Å². The second kappa shape index (κ2) is 2.96. The summed E-state index contributed by atoms with van der Waals surface area (Å²) < 4.78 is 0. The Kier molecular flexibility index (Phi) is 2.36. The van der Waals surface area contributed by atoms with Crippen molar-refractivity contribution in [2.24, 2.45) is 11.3 Å². The number of hydrogen-bond donors (Lipinski definition) is 0. The monoisotopic (exact) mass is 154 g/mol. The average molecular weight is 154 g/mol. The molecule has 1 atom stereocenters. The fraction of sp³-hybridized carbons (Fsp3) is 0.900. The number of ketones is 1. The van der Waals surface area contributed by atoms with E-state index < -0.39 is 0 Å². The van der Waals surface area contributed by atoms with E-state index in [1.54, 1.807) is 0 Å². The smallest absolute Gasteiger partial charge is 0.136 e. The predicted molar refractivity (Wildman–Crippen MR) is 46.4 cm³/mol. The molecule has 1 heteroatoms. The van der Waals surface area contributed by atoms with E-state index in [0.29, 0.717) is 11.7 Å². The lowest BCUT2D eigenvalue weighted by molar-refractivity contribution is -0.121. The van der Waals surface area contributed by atoms with Crippen molar-refractivity contribution in [1.29, 1.82) is 0 Å². The highest BCUT2D eigenvalue weighted by atomic mass is 16.1. The molecule has 1 unspecified atom stereocenters. The Labute approximate surface area is 69.2 Å². The topological polar surface area (TPSA) is 17.1 Å². The number of carbonyl (C=O) groups is 1. The third-order valence-electron chi connectivity index (χ3n) is 2.54. The molecule has 0 amide bonds. The Morgan fingerprint density at radius 1 is 1.55 bits per heavy atom. The van der Waals surface area contributed by atoms with Gasteiger partial charge >= 0.3 is 0 Å². The standard InChI is InChI=1S/C10H18O/c1-4-5-8-6-10(2,3)7-9(8)11/h8H,4-7H2,1-3H3. The van der Waals surface area contributed by atoms with E-state index in [9.17, 15) is 4.79 Å². The van der Waals surface area contributed by atoms with Crippen molar-refractivity contribution in [1.82, 2.24) is 0 Å². The highest BCUT2D eigenvalue weighted by Crippen LogP contribution is 2.40. The van der Waals surface area contributed by atoms with Gasteiger partial charge < -0.3 is 0 Å². The molecule has 1 nitrogen and oxygen atoms in total. The molecule has 1 rings (SSSR count). The Bertz CT molecular complexity index is 158. The molecule has 0 N–H and O–H groups in total. The molecular formula is C10H18O. The maximum atomic E-state index is 11.4. The van der Waals surface area contributed by atoms with Gasteiger partial charge in [-0.3, -0.25) is 4.79 Å². The minimum absolute atomic E-state index is 0.289. The van der Waals surface area contributed by atoms with Gasteiger partial charge in [-0.15, -0.1) is 0 Å². The van der Waals surface area contributed by atoms with Gasteiger partial charge in [0.2, 0.25) is 0 Å². The maximum absolute atomic E-state index is 11.4. The van der Waals surface area contributed by atoms with E-state index in [1.165, 1.54) is 0 Å². The van der Waals surface area contributed by atoms with Crippen LogP contribution in [0, 0.1) is 11.3 Å². The number of hydrogen-bond acceptors (Lipinski definition) is 1. The summed E-state index contributed by atoms with van der Waals surface area (Å²) in [5.41, 5.74) is 0.289. The van der Waals surface area contributed by atoms with Crippen LogP contribution in [0.5, 0.6) is 0 Å². The van der Waals surface area contributed by atoms with Crippen LogP contribution in [-0.4, -0.2) is 5.78 Å². The van der Waals surface area contributed by atoms with Crippen molar-refractivity contribution in [2.45, 2.75) is 46.5 Å².